The molecule has 2 saturated heterocycles. The molecule has 1 unspecified atom stereocenters. The van der Waals surface area contributed by atoms with Crippen molar-refractivity contribution in [2.24, 2.45) is 5.41 Å². The molecule has 2 N–H and O–H groups in total. The van der Waals surface area contributed by atoms with Gasteiger partial charge in [-0.15, -0.1) is 24.8 Å². The minimum Gasteiger partial charge on any atom is -0.316 e. The van der Waals surface area contributed by atoms with E-state index in [0.29, 0.717) is 13.0 Å². The predicted octanol–water partition coefficient (Wildman–Crippen LogP) is 2.07. The average molecular weight is 299 g/mol. The van der Waals surface area contributed by atoms with Gasteiger partial charge >= 0.3 is 0 Å². The number of nitrogens with one attached hydrogen (secondary N) is 2. The molecule has 3 rings (SSSR count). The first kappa shape index (κ1) is 17.2. The summed E-state index contributed by atoms with van der Waals surface area (Å²) in [6.45, 7) is 1.04. The predicted molar refractivity (Wildman–Crippen MR) is 61.8 cm³/mol. The summed E-state index contributed by atoms with van der Waals surface area (Å²) < 4.78 is 47.9. The van der Waals surface area contributed by atoms with Crippen LogP contribution in [0.2, 0.25) is 0 Å². The molecule has 1 aliphatic carbocycles. The molecule has 8 heteroatoms. The van der Waals surface area contributed by atoms with E-state index in [1.54, 1.807) is 0 Å². The second-order valence-electron chi connectivity index (χ2n) is 4.55. The lowest BCUT2D eigenvalue weighted by Gasteiger charge is -2.25. The SMILES string of the molecule is Cl.Cl.FC1(F)CC12CCNC2.FC1(F)CNC1. The lowest BCUT2D eigenvalue weighted by Crippen LogP contribution is -2.52. The summed E-state index contributed by atoms with van der Waals surface area (Å²) in [5, 5.41) is 5.40. The highest BCUT2D eigenvalue weighted by molar-refractivity contribution is 5.85. The van der Waals surface area contributed by atoms with Crippen LogP contribution in [-0.2, 0) is 0 Å². The van der Waals surface area contributed by atoms with Gasteiger partial charge in [0.1, 0.15) is 0 Å². The summed E-state index contributed by atoms with van der Waals surface area (Å²) in [6, 6.07) is 0. The van der Waals surface area contributed by atoms with Crippen LogP contribution in [0.5, 0.6) is 0 Å². The van der Waals surface area contributed by atoms with Gasteiger partial charge in [0, 0.05) is 13.0 Å². The number of halogens is 6. The Labute approximate surface area is 110 Å². The highest BCUT2D eigenvalue weighted by atomic mass is 35.5. The quantitative estimate of drug-likeness (QED) is 0.669. The molecule has 1 spiro atoms. The topological polar surface area (TPSA) is 24.1 Å². The first-order chi connectivity index (χ1) is 6.87. The zero-order chi connectivity index (χ0) is 11.2. The largest absolute Gasteiger partial charge is 0.316 e. The Kier molecular flexibility index (Phi) is 5.54. The Balaban J connectivity index is 0.000000287. The van der Waals surface area contributed by atoms with Crippen molar-refractivity contribution < 1.29 is 17.6 Å². The van der Waals surface area contributed by atoms with Crippen LogP contribution in [0, 0.1) is 5.41 Å². The van der Waals surface area contributed by atoms with E-state index in [4.69, 9.17) is 0 Å². The third-order valence-electron chi connectivity index (χ3n) is 3.22. The third kappa shape index (κ3) is 3.59. The highest BCUT2D eigenvalue weighted by Gasteiger charge is 2.71. The summed E-state index contributed by atoms with van der Waals surface area (Å²) in [6.07, 6.45) is 0.785. The Bertz CT molecular complexity index is 246. The monoisotopic (exact) mass is 298 g/mol. The number of hydrogen-bond donors (Lipinski definition) is 2. The standard InChI is InChI=1S/C6H9F2N.C3H5F2N.2ClH/c7-6(8)3-5(6)1-2-9-4-5;4-3(5)1-6-2-3;;/h9H,1-4H2;6H,1-2H2;2*1H. The van der Waals surface area contributed by atoms with Gasteiger partial charge in [-0.2, -0.15) is 0 Å². The van der Waals surface area contributed by atoms with E-state index in [9.17, 15) is 17.6 Å². The zero-order valence-corrected chi connectivity index (χ0v) is 10.7. The fourth-order valence-electron chi connectivity index (χ4n) is 1.90. The average Bonchev–Trinajstić information content (AvgIpc) is 2.49. The Morgan fingerprint density at radius 1 is 0.824 bits per heavy atom. The van der Waals surface area contributed by atoms with Gasteiger partial charge < -0.3 is 10.6 Å². The Hall–Kier alpha value is 0.220. The van der Waals surface area contributed by atoms with Crippen LogP contribution in [0.15, 0.2) is 0 Å². The summed E-state index contributed by atoms with van der Waals surface area (Å²) in [5.74, 6) is -4.73. The molecule has 1 saturated carbocycles. The molecule has 0 aromatic carbocycles. The Morgan fingerprint density at radius 3 is 1.41 bits per heavy atom. The third-order valence-corrected chi connectivity index (χ3v) is 3.22. The van der Waals surface area contributed by atoms with Crippen molar-refractivity contribution in [2.75, 3.05) is 26.2 Å². The minimum absolute atomic E-state index is 0. The molecule has 0 amide bonds. The zero-order valence-electron chi connectivity index (χ0n) is 9.07. The summed E-state index contributed by atoms with van der Waals surface area (Å²) in [4.78, 5) is 0. The van der Waals surface area contributed by atoms with Crippen molar-refractivity contribution in [3.05, 3.63) is 0 Å². The van der Waals surface area contributed by atoms with E-state index >= 15 is 0 Å². The van der Waals surface area contributed by atoms with Gasteiger partial charge in [-0.05, 0) is 13.0 Å². The van der Waals surface area contributed by atoms with Crippen molar-refractivity contribution in [1.82, 2.24) is 10.6 Å². The van der Waals surface area contributed by atoms with Gasteiger partial charge in [-0.3, -0.25) is 0 Å². The van der Waals surface area contributed by atoms with Crippen LogP contribution in [0.1, 0.15) is 12.8 Å². The lowest BCUT2D eigenvalue weighted by atomic mass is 10.1. The lowest BCUT2D eigenvalue weighted by molar-refractivity contribution is -0.0475. The van der Waals surface area contributed by atoms with Crippen molar-refractivity contribution in [3.8, 4) is 0 Å². The molecule has 0 aromatic heterocycles. The van der Waals surface area contributed by atoms with Gasteiger partial charge in [0.15, 0.2) is 0 Å². The van der Waals surface area contributed by atoms with E-state index in [1.807, 2.05) is 0 Å². The van der Waals surface area contributed by atoms with Crippen molar-refractivity contribution in [3.63, 3.8) is 0 Å². The molecule has 1 atom stereocenters. The van der Waals surface area contributed by atoms with Crippen molar-refractivity contribution in [1.29, 1.82) is 0 Å². The van der Waals surface area contributed by atoms with Gasteiger partial charge in [-0.25, -0.2) is 17.6 Å². The van der Waals surface area contributed by atoms with Crippen LogP contribution in [0.25, 0.3) is 0 Å². The first-order valence-corrected chi connectivity index (χ1v) is 5.04. The summed E-state index contributed by atoms with van der Waals surface area (Å²) in [5.41, 5.74) is -0.604. The molecule has 2 aliphatic heterocycles. The fraction of sp³-hybridized carbons (Fsp3) is 1.00. The second-order valence-corrected chi connectivity index (χ2v) is 4.55. The molecule has 0 radical (unpaired) electrons. The van der Waals surface area contributed by atoms with E-state index in [2.05, 4.69) is 10.6 Å². The highest BCUT2D eigenvalue weighted by Crippen LogP contribution is 2.63. The van der Waals surface area contributed by atoms with Gasteiger partial charge in [0.05, 0.1) is 18.5 Å². The van der Waals surface area contributed by atoms with Gasteiger partial charge in [0.25, 0.3) is 11.8 Å². The molecule has 104 valence electrons. The number of alkyl halides is 4. The smallest absolute Gasteiger partial charge is 0.272 e. The molecular weight excluding hydrogens is 283 g/mol. The van der Waals surface area contributed by atoms with Gasteiger partial charge in [-0.1, -0.05) is 0 Å². The summed E-state index contributed by atoms with van der Waals surface area (Å²) in [7, 11) is 0. The fourth-order valence-corrected chi connectivity index (χ4v) is 1.90. The van der Waals surface area contributed by atoms with Crippen molar-refractivity contribution >= 4 is 24.8 Å². The van der Waals surface area contributed by atoms with Gasteiger partial charge in [0.2, 0.25) is 0 Å². The van der Waals surface area contributed by atoms with E-state index < -0.39 is 17.3 Å². The molecule has 3 fully saturated rings. The maximum atomic E-state index is 12.5. The van der Waals surface area contributed by atoms with Crippen LogP contribution in [0.3, 0.4) is 0 Å². The Morgan fingerprint density at radius 2 is 1.29 bits per heavy atom. The minimum atomic E-state index is -2.39. The molecular formula is C9H16Cl2F4N2. The second kappa shape index (κ2) is 5.47. The molecule has 17 heavy (non-hydrogen) atoms. The molecule has 2 nitrogen and oxygen atoms in total. The van der Waals surface area contributed by atoms with E-state index in [0.717, 1.165) is 6.54 Å². The van der Waals surface area contributed by atoms with Crippen LogP contribution < -0.4 is 10.6 Å². The number of hydrogen-bond acceptors (Lipinski definition) is 2. The molecule has 0 bridgehead atoms. The van der Waals surface area contributed by atoms with Crippen LogP contribution in [0.4, 0.5) is 17.6 Å². The summed E-state index contributed by atoms with van der Waals surface area (Å²) >= 11 is 0. The first-order valence-electron chi connectivity index (χ1n) is 5.04. The maximum absolute atomic E-state index is 12.5. The normalized spacial score (nSPS) is 34.6. The molecule has 3 aliphatic rings. The van der Waals surface area contributed by atoms with Crippen molar-refractivity contribution in [2.45, 2.75) is 24.7 Å². The number of rotatable bonds is 0. The van der Waals surface area contributed by atoms with E-state index in [1.165, 1.54) is 0 Å². The maximum Gasteiger partial charge on any atom is 0.272 e. The van der Waals surface area contributed by atoms with Crippen LogP contribution in [-0.4, -0.2) is 38.0 Å². The molecule has 0 aromatic rings. The van der Waals surface area contributed by atoms with Crippen LogP contribution >= 0.6 is 24.8 Å². The molecule has 2 heterocycles. The van der Waals surface area contributed by atoms with E-state index in [-0.39, 0.29) is 44.3 Å².